The third kappa shape index (κ3) is 2.08. The van der Waals surface area contributed by atoms with Crippen LogP contribution in [0.4, 0.5) is 5.69 Å². The van der Waals surface area contributed by atoms with Crippen molar-refractivity contribution in [1.82, 2.24) is 0 Å². The summed E-state index contributed by atoms with van der Waals surface area (Å²) >= 11 is 12.1. The smallest absolute Gasteiger partial charge is 0.247 e. The van der Waals surface area contributed by atoms with Gasteiger partial charge in [-0.15, -0.1) is 0 Å². The summed E-state index contributed by atoms with van der Waals surface area (Å²) in [4.78, 5) is 13.7. The maximum atomic E-state index is 12.1. The zero-order chi connectivity index (χ0) is 14.3. The summed E-state index contributed by atoms with van der Waals surface area (Å²) in [5.74, 6) is -0.104. The van der Waals surface area contributed by atoms with Gasteiger partial charge in [-0.25, -0.2) is 0 Å². The van der Waals surface area contributed by atoms with Gasteiger partial charge in [-0.05, 0) is 29.8 Å². The van der Waals surface area contributed by atoms with E-state index >= 15 is 0 Å². The van der Waals surface area contributed by atoms with Crippen LogP contribution in [0.25, 0.3) is 0 Å². The molecule has 2 N–H and O–H groups in total. The molecule has 0 unspecified atom stereocenters. The van der Waals surface area contributed by atoms with E-state index in [9.17, 15) is 4.79 Å². The van der Waals surface area contributed by atoms with Gasteiger partial charge in [0.2, 0.25) is 5.91 Å². The average molecular weight is 307 g/mol. The topological polar surface area (TPSA) is 46.3 Å². The normalized spacial score (nSPS) is 21.8. The number of nitrogens with zero attached hydrogens (tertiary/aromatic N) is 1. The Kier molecular flexibility index (Phi) is 3.42. The van der Waals surface area contributed by atoms with Gasteiger partial charge in [0.15, 0.2) is 0 Å². The van der Waals surface area contributed by atoms with Crippen LogP contribution < -0.4 is 10.6 Å². The Morgan fingerprint density at radius 2 is 1.75 bits per heavy atom. The van der Waals surface area contributed by atoms with Crippen molar-refractivity contribution in [2.24, 2.45) is 5.73 Å². The fourth-order valence-electron chi connectivity index (χ4n) is 2.46. The first kappa shape index (κ1) is 13.4. The highest BCUT2D eigenvalue weighted by molar-refractivity contribution is 6.35. The van der Waals surface area contributed by atoms with Crippen LogP contribution in [0.1, 0.15) is 11.6 Å². The molecule has 20 heavy (non-hydrogen) atoms. The lowest BCUT2D eigenvalue weighted by molar-refractivity contribution is -0.126. The van der Waals surface area contributed by atoms with Gasteiger partial charge in [-0.3, -0.25) is 4.79 Å². The number of para-hydroxylation sites is 1. The predicted molar refractivity (Wildman–Crippen MR) is 81.1 cm³/mol. The third-order valence-electron chi connectivity index (χ3n) is 3.46. The summed E-state index contributed by atoms with van der Waals surface area (Å²) in [6, 6.07) is 13.8. The van der Waals surface area contributed by atoms with Crippen LogP contribution in [0.5, 0.6) is 0 Å². The molecule has 1 saturated heterocycles. The lowest BCUT2D eigenvalue weighted by Crippen LogP contribution is -2.63. The Hall–Kier alpha value is -1.55. The fraction of sp³-hybridized carbons (Fsp3) is 0.133. The highest BCUT2D eigenvalue weighted by Gasteiger charge is 2.47. The Morgan fingerprint density at radius 3 is 2.40 bits per heavy atom. The second kappa shape index (κ2) is 5.09. The number of benzene rings is 2. The number of carbonyl (C=O) groups is 1. The first-order chi connectivity index (χ1) is 9.59. The number of nitrogens with two attached hydrogens (primary N) is 1. The van der Waals surface area contributed by atoms with Crippen molar-refractivity contribution in [2.75, 3.05) is 4.90 Å². The predicted octanol–water partition coefficient (Wildman–Crippen LogP) is 3.41. The molecule has 0 aromatic heterocycles. The maximum absolute atomic E-state index is 12.1. The van der Waals surface area contributed by atoms with Gasteiger partial charge in [-0.1, -0.05) is 47.5 Å². The SMILES string of the molecule is N[C@H]1C(=O)N(c2ccccc2)[C@@H]1c1ccc(Cl)cc1Cl. The molecule has 2 aromatic carbocycles. The van der Waals surface area contributed by atoms with Gasteiger partial charge in [0.25, 0.3) is 0 Å². The third-order valence-corrected chi connectivity index (χ3v) is 4.02. The van der Waals surface area contributed by atoms with E-state index in [1.807, 2.05) is 36.4 Å². The van der Waals surface area contributed by atoms with Crippen LogP contribution in [-0.4, -0.2) is 11.9 Å². The Morgan fingerprint density at radius 1 is 1.05 bits per heavy atom. The van der Waals surface area contributed by atoms with Crippen molar-refractivity contribution < 1.29 is 4.79 Å². The van der Waals surface area contributed by atoms with Crippen LogP contribution in [0.15, 0.2) is 48.5 Å². The van der Waals surface area contributed by atoms with Gasteiger partial charge >= 0.3 is 0 Å². The summed E-state index contributed by atoms with van der Waals surface area (Å²) in [5, 5.41) is 1.08. The highest BCUT2D eigenvalue weighted by atomic mass is 35.5. The van der Waals surface area contributed by atoms with Gasteiger partial charge < -0.3 is 10.6 Å². The van der Waals surface area contributed by atoms with Crippen LogP contribution in [0.3, 0.4) is 0 Å². The first-order valence-corrected chi connectivity index (χ1v) is 6.94. The number of carbonyl (C=O) groups excluding carboxylic acids is 1. The number of β-lactam (4-membered cyclic amide) rings is 1. The molecule has 5 heteroatoms. The number of rotatable bonds is 2. The molecule has 0 radical (unpaired) electrons. The standard InChI is InChI=1S/C15H12Cl2N2O/c16-9-6-7-11(12(17)8-9)14-13(18)15(20)19(14)10-4-2-1-3-5-10/h1-8,13-14H,18H2/t13-,14-/m1/s1. The zero-order valence-electron chi connectivity index (χ0n) is 10.5. The molecule has 0 bridgehead atoms. The molecule has 0 saturated carbocycles. The van der Waals surface area contributed by atoms with Crippen LogP contribution >= 0.6 is 23.2 Å². The Labute approximate surface area is 126 Å². The van der Waals surface area contributed by atoms with E-state index in [4.69, 9.17) is 28.9 Å². The molecule has 102 valence electrons. The van der Waals surface area contributed by atoms with E-state index in [0.29, 0.717) is 10.0 Å². The van der Waals surface area contributed by atoms with E-state index < -0.39 is 6.04 Å². The largest absolute Gasteiger partial charge is 0.318 e. The highest BCUT2D eigenvalue weighted by Crippen LogP contribution is 2.41. The molecule has 1 fully saturated rings. The van der Waals surface area contributed by atoms with Gasteiger partial charge in [0.1, 0.15) is 6.04 Å². The van der Waals surface area contributed by atoms with Crippen molar-refractivity contribution in [3.05, 3.63) is 64.1 Å². The average Bonchev–Trinajstić information content (AvgIpc) is 2.46. The number of amides is 1. The minimum atomic E-state index is -0.575. The molecule has 1 aliphatic rings. The minimum absolute atomic E-state index is 0.104. The summed E-state index contributed by atoms with van der Waals surface area (Å²) in [6.07, 6.45) is 0. The number of hydrogen-bond donors (Lipinski definition) is 1. The zero-order valence-corrected chi connectivity index (χ0v) is 12.0. The number of hydrogen-bond acceptors (Lipinski definition) is 2. The fourth-order valence-corrected chi connectivity index (χ4v) is 2.98. The second-order valence-corrected chi connectivity index (χ2v) is 5.52. The molecular weight excluding hydrogens is 295 g/mol. The molecule has 0 spiro atoms. The molecule has 3 rings (SSSR count). The van der Waals surface area contributed by atoms with Crippen molar-refractivity contribution in [1.29, 1.82) is 0 Å². The van der Waals surface area contributed by atoms with Crippen molar-refractivity contribution in [3.8, 4) is 0 Å². The molecule has 1 amide bonds. The van der Waals surface area contributed by atoms with E-state index in [-0.39, 0.29) is 11.9 Å². The molecule has 3 nitrogen and oxygen atoms in total. The van der Waals surface area contributed by atoms with Gasteiger partial charge in [-0.2, -0.15) is 0 Å². The summed E-state index contributed by atoms with van der Waals surface area (Å²) in [6.45, 7) is 0. The number of halogens is 2. The lowest BCUT2D eigenvalue weighted by Gasteiger charge is -2.45. The number of anilines is 1. The molecule has 2 atom stereocenters. The Bertz CT molecular complexity index is 660. The first-order valence-electron chi connectivity index (χ1n) is 6.18. The molecular formula is C15H12Cl2N2O. The van der Waals surface area contributed by atoms with Crippen molar-refractivity contribution in [2.45, 2.75) is 12.1 Å². The Balaban J connectivity index is 2.01. The van der Waals surface area contributed by atoms with Gasteiger partial charge in [0, 0.05) is 15.7 Å². The van der Waals surface area contributed by atoms with E-state index in [0.717, 1.165) is 11.3 Å². The van der Waals surface area contributed by atoms with Crippen molar-refractivity contribution in [3.63, 3.8) is 0 Å². The quantitative estimate of drug-likeness (QED) is 0.864. The van der Waals surface area contributed by atoms with Crippen LogP contribution in [0.2, 0.25) is 10.0 Å². The van der Waals surface area contributed by atoms with Crippen molar-refractivity contribution >= 4 is 34.8 Å². The van der Waals surface area contributed by atoms with E-state index in [2.05, 4.69) is 0 Å². The second-order valence-electron chi connectivity index (χ2n) is 4.68. The van der Waals surface area contributed by atoms with E-state index in [1.165, 1.54) is 0 Å². The molecule has 1 heterocycles. The summed E-state index contributed by atoms with van der Waals surface area (Å²) in [7, 11) is 0. The molecule has 2 aromatic rings. The van der Waals surface area contributed by atoms with Crippen LogP contribution in [0, 0.1) is 0 Å². The van der Waals surface area contributed by atoms with E-state index in [1.54, 1.807) is 17.0 Å². The molecule has 0 aliphatic carbocycles. The van der Waals surface area contributed by atoms with Crippen LogP contribution in [-0.2, 0) is 4.79 Å². The lowest BCUT2D eigenvalue weighted by atomic mass is 9.88. The minimum Gasteiger partial charge on any atom is -0.318 e. The molecule has 1 aliphatic heterocycles. The summed E-state index contributed by atoms with van der Waals surface area (Å²) in [5.41, 5.74) is 7.58. The maximum Gasteiger partial charge on any atom is 0.247 e. The monoisotopic (exact) mass is 306 g/mol. The van der Waals surface area contributed by atoms with Gasteiger partial charge in [0.05, 0.1) is 6.04 Å². The summed E-state index contributed by atoms with van der Waals surface area (Å²) < 4.78 is 0.